The van der Waals surface area contributed by atoms with Gasteiger partial charge in [0.05, 0.1) is 12.5 Å². The number of amides is 1. The molecular formula is C13H17NO3. The van der Waals surface area contributed by atoms with Crippen molar-refractivity contribution >= 4 is 17.6 Å². The summed E-state index contributed by atoms with van der Waals surface area (Å²) in [5.74, 6) is -0.641. The molecule has 1 amide bonds. The molecule has 17 heavy (non-hydrogen) atoms. The predicted molar refractivity (Wildman–Crippen MR) is 65.8 cm³/mol. The SMILES string of the molecule is CCOC(=O)C(C)c1ccc(NC(C)=O)cc1. The maximum atomic E-state index is 11.5. The Labute approximate surface area is 101 Å². The van der Waals surface area contributed by atoms with Gasteiger partial charge in [-0.3, -0.25) is 9.59 Å². The van der Waals surface area contributed by atoms with Gasteiger partial charge in [-0.25, -0.2) is 0 Å². The fraction of sp³-hybridized carbons (Fsp3) is 0.385. The summed E-state index contributed by atoms with van der Waals surface area (Å²) in [6, 6.07) is 7.17. The zero-order valence-corrected chi connectivity index (χ0v) is 10.3. The normalized spacial score (nSPS) is 11.7. The minimum absolute atomic E-state index is 0.115. The molecule has 0 saturated heterocycles. The Bertz CT molecular complexity index is 398. The quantitative estimate of drug-likeness (QED) is 0.815. The van der Waals surface area contributed by atoms with Crippen LogP contribution in [0.1, 0.15) is 32.3 Å². The van der Waals surface area contributed by atoms with Crippen molar-refractivity contribution in [1.29, 1.82) is 0 Å². The van der Waals surface area contributed by atoms with E-state index in [-0.39, 0.29) is 17.8 Å². The first-order chi connectivity index (χ1) is 8.04. The van der Waals surface area contributed by atoms with Gasteiger partial charge in [0.25, 0.3) is 0 Å². The number of ether oxygens (including phenoxy) is 1. The maximum Gasteiger partial charge on any atom is 0.313 e. The zero-order chi connectivity index (χ0) is 12.8. The molecule has 0 saturated carbocycles. The molecule has 1 N–H and O–H groups in total. The number of hydrogen-bond acceptors (Lipinski definition) is 3. The van der Waals surface area contributed by atoms with E-state index < -0.39 is 0 Å². The predicted octanol–water partition coefficient (Wildman–Crippen LogP) is 2.31. The van der Waals surface area contributed by atoms with E-state index in [1.807, 2.05) is 12.1 Å². The number of rotatable bonds is 4. The Balaban J connectivity index is 2.73. The van der Waals surface area contributed by atoms with Gasteiger partial charge in [0.2, 0.25) is 5.91 Å². The second-order valence-corrected chi connectivity index (χ2v) is 3.78. The fourth-order valence-electron chi connectivity index (χ4n) is 1.46. The van der Waals surface area contributed by atoms with E-state index in [4.69, 9.17) is 4.74 Å². The van der Waals surface area contributed by atoms with E-state index in [9.17, 15) is 9.59 Å². The molecule has 1 aromatic rings. The van der Waals surface area contributed by atoms with Crippen LogP contribution in [0.5, 0.6) is 0 Å². The van der Waals surface area contributed by atoms with Crippen molar-refractivity contribution in [3.63, 3.8) is 0 Å². The van der Waals surface area contributed by atoms with Crippen molar-refractivity contribution in [2.24, 2.45) is 0 Å². The molecule has 0 radical (unpaired) electrons. The van der Waals surface area contributed by atoms with Gasteiger partial charge in [-0.05, 0) is 31.5 Å². The van der Waals surface area contributed by atoms with Gasteiger partial charge in [-0.2, -0.15) is 0 Å². The number of benzene rings is 1. The highest BCUT2D eigenvalue weighted by atomic mass is 16.5. The van der Waals surface area contributed by atoms with Gasteiger partial charge in [-0.15, -0.1) is 0 Å². The third-order valence-corrected chi connectivity index (χ3v) is 2.37. The van der Waals surface area contributed by atoms with Gasteiger partial charge >= 0.3 is 5.97 Å². The lowest BCUT2D eigenvalue weighted by atomic mass is 10.0. The van der Waals surface area contributed by atoms with E-state index in [1.165, 1.54) is 6.92 Å². The monoisotopic (exact) mass is 235 g/mol. The van der Waals surface area contributed by atoms with Crippen LogP contribution in [0.25, 0.3) is 0 Å². The van der Waals surface area contributed by atoms with Crippen LogP contribution in [-0.4, -0.2) is 18.5 Å². The van der Waals surface area contributed by atoms with Crippen LogP contribution in [0.3, 0.4) is 0 Å². The smallest absolute Gasteiger partial charge is 0.313 e. The van der Waals surface area contributed by atoms with E-state index >= 15 is 0 Å². The van der Waals surface area contributed by atoms with Crippen LogP contribution in [0.4, 0.5) is 5.69 Å². The fourth-order valence-corrected chi connectivity index (χ4v) is 1.46. The highest BCUT2D eigenvalue weighted by Gasteiger charge is 2.15. The molecule has 1 rings (SSSR count). The summed E-state index contributed by atoms with van der Waals surface area (Å²) < 4.78 is 4.94. The van der Waals surface area contributed by atoms with Crippen LogP contribution >= 0.6 is 0 Å². The van der Waals surface area contributed by atoms with Crippen LogP contribution in [0.15, 0.2) is 24.3 Å². The van der Waals surface area contributed by atoms with Gasteiger partial charge in [0, 0.05) is 12.6 Å². The Morgan fingerprint density at radius 3 is 2.35 bits per heavy atom. The average molecular weight is 235 g/mol. The third-order valence-electron chi connectivity index (χ3n) is 2.37. The average Bonchev–Trinajstić information content (AvgIpc) is 2.28. The molecule has 92 valence electrons. The standard InChI is InChI=1S/C13H17NO3/c1-4-17-13(16)9(2)11-5-7-12(8-6-11)14-10(3)15/h5-9H,4H2,1-3H3,(H,14,15). The number of hydrogen-bond donors (Lipinski definition) is 1. The van der Waals surface area contributed by atoms with Gasteiger partial charge in [0.1, 0.15) is 0 Å². The van der Waals surface area contributed by atoms with Crippen molar-refractivity contribution in [3.05, 3.63) is 29.8 Å². The molecule has 4 heteroatoms. The molecule has 0 aliphatic rings. The third kappa shape index (κ3) is 3.90. The van der Waals surface area contributed by atoms with E-state index in [0.29, 0.717) is 6.61 Å². The Morgan fingerprint density at radius 2 is 1.88 bits per heavy atom. The number of nitrogens with one attached hydrogen (secondary N) is 1. The topological polar surface area (TPSA) is 55.4 Å². The summed E-state index contributed by atoms with van der Waals surface area (Å²) >= 11 is 0. The molecule has 4 nitrogen and oxygen atoms in total. The first-order valence-electron chi connectivity index (χ1n) is 5.58. The Kier molecular flexibility index (Phi) is 4.69. The Morgan fingerprint density at radius 1 is 1.29 bits per heavy atom. The maximum absolute atomic E-state index is 11.5. The van der Waals surface area contributed by atoms with Crippen molar-refractivity contribution in [3.8, 4) is 0 Å². The molecule has 0 aliphatic carbocycles. The Hall–Kier alpha value is -1.84. The number of carbonyl (C=O) groups excluding carboxylic acids is 2. The van der Waals surface area contributed by atoms with E-state index in [1.54, 1.807) is 26.0 Å². The molecule has 1 unspecified atom stereocenters. The number of esters is 1. The van der Waals surface area contributed by atoms with Gasteiger partial charge < -0.3 is 10.1 Å². The van der Waals surface area contributed by atoms with E-state index in [2.05, 4.69) is 5.32 Å². The number of carbonyl (C=O) groups is 2. The lowest BCUT2D eigenvalue weighted by molar-refractivity contribution is -0.144. The van der Waals surface area contributed by atoms with Crippen molar-refractivity contribution in [2.45, 2.75) is 26.7 Å². The first-order valence-corrected chi connectivity index (χ1v) is 5.58. The van der Waals surface area contributed by atoms with Crippen LogP contribution in [-0.2, 0) is 14.3 Å². The molecule has 0 aliphatic heterocycles. The first kappa shape index (κ1) is 13.2. The molecule has 0 fully saturated rings. The lowest BCUT2D eigenvalue weighted by Gasteiger charge is -2.11. The summed E-state index contributed by atoms with van der Waals surface area (Å²) in [7, 11) is 0. The second-order valence-electron chi connectivity index (χ2n) is 3.78. The molecule has 0 bridgehead atoms. The molecular weight excluding hydrogens is 218 g/mol. The molecule has 0 spiro atoms. The molecule has 1 atom stereocenters. The van der Waals surface area contributed by atoms with Crippen LogP contribution in [0.2, 0.25) is 0 Å². The summed E-state index contributed by atoms with van der Waals surface area (Å²) in [5.41, 5.74) is 1.59. The molecule has 1 aromatic carbocycles. The zero-order valence-electron chi connectivity index (χ0n) is 10.3. The number of anilines is 1. The van der Waals surface area contributed by atoms with Crippen LogP contribution < -0.4 is 5.32 Å². The highest BCUT2D eigenvalue weighted by Crippen LogP contribution is 2.19. The minimum Gasteiger partial charge on any atom is -0.466 e. The second kappa shape index (κ2) is 6.03. The lowest BCUT2D eigenvalue weighted by Crippen LogP contribution is -2.13. The summed E-state index contributed by atoms with van der Waals surface area (Å²) in [5, 5.41) is 2.67. The van der Waals surface area contributed by atoms with Crippen LogP contribution in [0, 0.1) is 0 Å². The molecule has 0 heterocycles. The largest absolute Gasteiger partial charge is 0.466 e. The summed E-state index contributed by atoms with van der Waals surface area (Å²) in [6.07, 6.45) is 0. The van der Waals surface area contributed by atoms with Crippen molar-refractivity contribution in [1.82, 2.24) is 0 Å². The minimum atomic E-state index is -0.290. The van der Waals surface area contributed by atoms with Gasteiger partial charge in [-0.1, -0.05) is 12.1 Å². The summed E-state index contributed by atoms with van der Waals surface area (Å²) in [6.45, 7) is 5.41. The summed E-state index contributed by atoms with van der Waals surface area (Å²) in [4.78, 5) is 22.4. The van der Waals surface area contributed by atoms with Gasteiger partial charge in [0.15, 0.2) is 0 Å². The highest BCUT2D eigenvalue weighted by molar-refractivity contribution is 5.88. The van der Waals surface area contributed by atoms with Crippen molar-refractivity contribution < 1.29 is 14.3 Å². The van der Waals surface area contributed by atoms with Crippen molar-refractivity contribution in [2.75, 3.05) is 11.9 Å². The van der Waals surface area contributed by atoms with E-state index in [0.717, 1.165) is 11.3 Å². The molecule has 0 aromatic heterocycles.